The summed E-state index contributed by atoms with van der Waals surface area (Å²) in [7, 11) is 0. The van der Waals surface area contributed by atoms with Crippen molar-refractivity contribution in [3.8, 4) is 0 Å². The zero-order valence-electron chi connectivity index (χ0n) is 46.0. The monoisotopic (exact) mass is 947 g/mol. The zero-order valence-corrected chi connectivity index (χ0v) is 46.0. The van der Waals surface area contributed by atoms with Crippen LogP contribution < -0.4 is 0 Å². The van der Waals surface area contributed by atoms with E-state index >= 15 is 0 Å². The Morgan fingerprint density at radius 3 is 0.731 bits per heavy atom. The molecule has 0 spiro atoms. The van der Waals surface area contributed by atoms with Gasteiger partial charge in [0, 0.05) is 19.3 Å². The predicted molar refractivity (Wildman–Crippen MR) is 289 cm³/mol. The molecule has 0 saturated carbocycles. The van der Waals surface area contributed by atoms with Crippen molar-refractivity contribution in [2.24, 2.45) is 11.8 Å². The summed E-state index contributed by atoms with van der Waals surface area (Å²) < 4.78 is 16.9. The minimum atomic E-state index is -0.763. The third-order valence-corrected chi connectivity index (χ3v) is 14.0. The van der Waals surface area contributed by atoms with E-state index in [2.05, 4.69) is 34.6 Å². The second kappa shape index (κ2) is 53.8. The van der Waals surface area contributed by atoms with Gasteiger partial charge in [-0.1, -0.05) is 304 Å². The summed E-state index contributed by atoms with van der Waals surface area (Å²) in [5.74, 6) is 0.843. The average molecular weight is 948 g/mol. The van der Waals surface area contributed by atoms with Gasteiger partial charge in [-0.2, -0.15) is 0 Å². The molecule has 398 valence electrons. The second-order valence-electron chi connectivity index (χ2n) is 21.9. The van der Waals surface area contributed by atoms with E-state index in [9.17, 15) is 14.4 Å². The van der Waals surface area contributed by atoms with Crippen molar-refractivity contribution in [2.75, 3.05) is 13.2 Å². The van der Waals surface area contributed by atoms with E-state index < -0.39 is 6.10 Å². The third-order valence-electron chi connectivity index (χ3n) is 14.0. The lowest BCUT2D eigenvalue weighted by atomic mass is 10.0. The number of ether oxygens (including phenoxy) is 3. The van der Waals surface area contributed by atoms with Crippen LogP contribution in [-0.2, 0) is 28.6 Å². The van der Waals surface area contributed by atoms with Gasteiger partial charge in [0.1, 0.15) is 13.2 Å². The lowest BCUT2D eigenvalue weighted by molar-refractivity contribution is -0.167. The Bertz CT molecular complexity index is 1020. The Kier molecular flexibility index (Phi) is 52.5. The summed E-state index contributed by atoms with van der Waals surface area (Å²) in [5.41, 5.74) is 0. The maximum Gasteiger partial charge on any atom is 0.306 e. The fourth-order valence-corrected chi connectivity index (χ4v) is 9.40. The molecule has 6 heteroatoms. The van der Waals surface area contributed by atoms with Gasteiger partial charge in [-0.25, -0.2) is 0 Å². The lowest BCUT2D eigenvalue weighted by Gasteiger charge is -2.18. The molecule has 0 aromatic heterocycles. The Labute approximate surface area is 418 Å². The van der Waals surface area contributed by atoms with Gasteiger partial charge in [0.25, 0.3) is 0 Å². The first-order valence-corrected chi connectivity index (χ1v) is 30.2. The number of unbranched alkanes of at least 4 members (excludes halogenated alkanes) is 40. The smallest absolute Gasteiger partial charge is 0.306 e. The number of hydrogen-bond acceptors (Lipinski definition) is 6. The Morgan fingerprint density at radius 2 is 0.493 bits per heavy atom. The van der Waals surface area contributed by atoms with Gasteiger partial charge < -0.3 is 14.2 Å². The Balaban J connectivity index is 4.30. The highest BCUT2D eigenvalue weighted by Crippen LogP contribution is 2.18. The normalized spacial score (nSPS) is 12.0. The molecule has 67 heavy (non-hydrogen) atoms. The minimum Gasteiger partial charge on any atom is -0.462 e. The van der Waals surface area contributed by atoms with Crippen LogP contribution in [0.1, 0.15) is 343 Å². The van der Waals surface area contributed by atoms with Crippen LogP contribution in [0.4, 0.5) is 0 Å². The van der Waals surface area contributed by atoms with Crippen LogP contribution in [0.5, 0.6) is 0 Å². The average Bonchev–Trinajstić information content (AvgIpc) is 3.30. The van der Waals surface area contributed by atoms with Crippen LogP contribution in [0.15, 0.2) is 0 Å². The van der Waals surface area contributed by atoms with Crippen molar-refractivity contribution in [3.63, 3.8) is 0 Å². The van der Waals surface area contributed by atoms with E-state index in [0.717, 1.165) is 69.6 Å². The van der Waals surface area contributed by atoms with Crippen molar-refractivity contribution in [2.45, 2.75) is 349 Å². The summed E-state index contributed by atoms with van der Waals surface area (Å²) in [6.45, 7) is 11.4. The topological polar surface area (TPSA) is 78.9 Å². The van der Waals surface area contributed by atoms with Gasteiger partial charge in [0.2, 0.25) is 0 Å². The number of rotatable bonds is 55. The van der Waals surface area contributed by atoms with E-state index in [1.807, 2.05) is 0 Å². The summed E-state index contributed by atoms with van der Waals surface area (Å²) in [5, 5.41) is 0. The first-order valence-electron chi connectivity index (χ1n) is 30.2. The van der Waals surface area contributed by atoms with E-state index in [1.165, 1.54) is 231 Å². The number of esters is 3. The van der Waals surface area contributed by atoms with Gasteiger partial charge in [-0.3, -0.25) is 14.4 Å². The van der Waals surface area contributed by atoms with Gasteiger partial charge in [0.15, 0.2) is 6.10 Å². The largest absolute Gasteiger partial charge is 0.462 e. The van der Waals surface area contributed by atoms with Crippen LogP contribution in [0.25, 0.3) is 0 Å². The van der Waals surface area contributed by atoms with Crippen molar-refractivity contribution in [1.29, 1.82) is 0 Å². The molecule has 0 aliphatic rings. The lowest BCUT2D eigenvalue weighted by Crippen LogP contribution is -2.30. The molecule has 0 rings (SSSR count). The number of carbonyl (C=O) groups is 3. The van der Waals surface area contributed by atoms with E-state index in [0.29, 0.717) is 19.3 Å². The Morgan fingerprint density at radius 1 is 0.284 bits per heavy atom. The van der Waals surface area contributed by atoms with E-state index in [4.69, 9.17) is 14.2 Å². The summed E-state index contributed by atoms with van der Waals surface area (Å²) in [4.78, 5) is 38.2. The Hall–Kier alpha value is -1.59. The highest BCUT2D eigenvalue weighted by atomic mass is 16.6. The summed E-state index contributed by atoms with van der Waals surface area (Å²) in [6, 6.07) is 0. The maximum atomic E-state index is 12.9. The molecule has 0 amide bonds. The SMILES string of the molecule is CCCCCCCCCCCCCCCCCCCC(=O)O[C@H](COC(=O)CCCCCCCCCCCCCCCCC(C)C)COC(=O)CCCCCCCCCCCCCCC(C)C. The maximum absolute atomic E-state index is 12.9. The molecule has 0 N–H and O–H groups in total. The minimum absolute atomic E-state index is 0.0623. The third kappa shape index (κ3) is 55.2. The molecule has 0 unspecified atom stereocenters. The van der Waals surface area contributed by atoms with Crippen LogP contribution >= 0.6 is 0 Å². The van der Waals surface area contributed by atoms with Gasteiger partial charge >= 0.3 is 17.9 Å². The molecule has 0 saturated heterocycles. The molecule has 0 aliphatic carbocycles. The molecule has 0 radical (unpaired) electrons. The fraction of sp³-hybridized carbons (Fsp3) is 0.951. The van der Waals surface area contributed by atoms with Crippen LogP contribution in [0, 0.1) is 11.8 Å². The fourth-order valence-electron chi connectivity index (χ4n) is 9.40. The highest BCUT2D eigenvalue weighted by Gasteiger charge is 2.19. The van der Waals surface area contributed by atoms with Gasteiger partial charge in [-0.05, 0) is 31.1 Å². The molecular weight excluding hydrogens is 829 g/mol. The number of carbonyl (C=O) groups excluding carboxylic acids is 3. The van der Waals surface area contributed by atoms with Crippen molar-refractivity contribution >= 4 is 17.9 Å². The molecular formula is C61H118O6. The highest BCUT2D eigenvalue weighted by molar-refractivity contribution is 5.71. The second-order valence-corrected chi connectivity index (χ2v) is 21.9. The number of hydrogen-bond donors (Lipinski definition) is 0. The van der Waals surface area contributed by atoms with Crippen molar-refractivity contribution in [1.82, 2.24) is 0 Å². The standard InChI is InChI=1S/C61H118O6/c1-6-7-8-9-10-11-12-13-14-15-16-21-28-33-38-43-48-53-61(64)67-58(55-66-60(63)52-47-42-37-32-27-23-22-25-30-35-40-45-50-57(4)5)54-65-59(62)51-46-41-36-31-26-20-18-17-19-24-29-34-39-44-49-56(2)3/h56-58H,6-55H2,1-5H3/t58-/m1/s1. The molecule has 0 aromatic rings. The first-order chi connectivity index (χ1) is 32.7. The molecule has 0 aromatic carbocycles. The summed E-state index contributed by atoms with van der Waals surface area (Å²) in [6.07, 6.45) is 58.1. The first kappa shape index (κ1) is 65.4. The van der Waals surface area contributed by atoms with Crippen molar-refractivity contribution in [3.05, 3.63) is 0 Å². The molecule has 0 heterocycles. The molecule has 0 bridgehead atoms. The predicted octanol–water partition coefficient (Wildman–Crippen LogP) is 20.0. The van der Waals surface area contributed by atoms with Crippen LogP contribution in [0.3, 0.4) is 0 Å². The van der Waals surface area contributed by atoms with E-state index in [-0.39, 0.29) is 31.1 Å². The van der Waals surface area contributed by atoms with Gasteiger partial charge in [-0.15, -0.1) is 0 Å². The zero-order chi connectivity index (χ0) is 48.9. The van der Waals surface area contributed by atoms with Crippen LogP contribution in [-0.4, -0.2) is 37.2 Å². The molecule has 0 aliphatic heterocycles. The van der Waals surface area contributed by atoms with Gasteiger partial charge in [0.05, 0.1) is 0 Å². The summed E-state index contributed by atoms with van der Waals surface area (Å²) >= 11 is 0. The van der Waals surface area contributed by atoms with Crippen molar-refractivity contribution < 1.29 is 28.6 Å². The molecule has 6 nitrogen and oxygen atoms in total. The van der Waals surface area contributed by atoms with Crippen LogP contribution in [0.2, 0.25) is 0 Å². The van der Waals surface area contributed by atoms with E-state index in [1.54, 1.807) is 0 Å². The quantitative estimate of drug-likeness (QED) is 0.0343. The molecule has 1 atom stereocenters. The molecule has 0 fully saturated rings.